The maximum Gasteiger partial charge on any atom is 0.356 e. The van der Waals surface area contributed by atoms with E-state index in [4.69, 9.17) is 0 Å². The normalized spacial score (nSPS) is 9.50. The lowest BCUT2D eigenvalue weighted by Gasteiger charge is -1.98. The summed E-state index contributed by atoms with van der Waals surface area (Å²) in [4.78, 5) is 18.9. The molecule has 0 bridgehead atoms. The van der Waals surface area contributed by atoms with Crippen LogP contribution in [0.15, 0.2) is 12.3 Å². The first-order chi connectivity index (χ1) is 5.77. The smallest absolute Gasteiger partial charge is 0.356 e. The van der Waals surface area contributed by atoms with Gasteiger partial charge in [-0.15, -0.1) is 0 Å². The van der Waals surface area contributed by atoms with Crippen LogP contribution in [0.3, 0.4) is 0 Å². The Hall–Kier alpha value is -1.45. The van der Waals surface area contributed by atoms with Gasteiger partial charge < -0.3 is 4.74 Å². The summed E-state index contributed by atoms with van der Waals surface area (Å²) in [6, 6.07) is 1.53. The number of carbonyl (C=O) groups is 1. The number of aryl methyl sites for hydroxylation is 1. The van der Waals surface area contributed by atoms with E-state index in [0.717, 1.165) is 0 Å². The molecule has 0 radical (unpaired) electrons. The molecule has 4 nitrogen and oxygen atoms in total. The molecule has 0 saturated carbocycles. The Kier molecular flexibility index (Phi) is 2.74. The highest BCUT2D eigenvalue weighted by atomic mass is 16.5. The highest BCUT2D eigenvalue weighted by Crippen LogP contribution is 1.97. The van der Waals surface area contributed by atoms with Gasteiger partial charge in [-0.25, -0.2) is 14.8 Å². The highest BCUT2D eigenvalue weighted by Gasteiger charge is 2.06. The predicted octanol–water partition coefficient (Wildman–Crippen LogP) is 0.826. The van der Waals surface area contributed by atoms with Gasteiger partial charge in [-0.05, 0) is 6.07 Å². The number of nitrogens with zero attached hydrogens (tertiary/aromatic N) is 2. The molecule has 0 N–H and O–H groups in total. The highest BCUT2D eigenvalue weighted by molar-refractivity contribution is 5.86. The van der Waals surface area contributed by atoms with Crippen LogP contribution in [0.5, 0.6) is 0 Å². The van der Waals surface area contributed by atoms with Crippen LogP contribution in [0, 0.1) is 0 Å². The van der Waals surface area contributed by atoms with Crippen LogP contribution in [-0.2, 0) is 11.2 Å². The molecule has 0 spiro atoms. The van der Waals surface area contributed by atoms with Crippen molar-refractivity contribution < 1.29 is 9.53 Å². The molecule has 1 rings (SSSR count). The third kappa shape index (κ3) is 1.78. The van der Waals surface area contributed by atoms with Crippen molar-refractivity contribution in [2.24, 2.45) is 0 Å². The second kappa shape index (κ2) is 3.80. The van der Waals surface area contributed by atoms with Crippen molar-refractivity contribution in [2.45, 2.75) is 13.3 Å². The fraction of sp³-hybridized carbons (Fsp3) is 0.375. The van der Waals surface area contributed by atoms with E-state index in [1.807, 2.05) is 6.92 Å². The molecule has 0 aliphatic rings. The van der Waals surface area contributed by atoms with E-state index in [2.05, 4.69) is 14.7 Å². The van der Waals surface area contributed by atoms with Crippen molar-refractivity contribution in [2.75, 3.05) is 7.11 Å². The first-order valence-corrected chi connectivity index (χ1v) is 3.68. The minimum atomic E-state index is -0.424. The third-order valence-electron chi connectivity index (χ3n) is 1.42. The first kappa shape index (κ1) is 8.64. The summed E-state index contributed by atoms with van der Waals surface area (Å²) >= 11 is 0. The maximum absolute atomic E-state index is 11.0. The van der Waals surface area contributed by atoms with Crippen molar-refractivity contribution >= 4 is 5.97 Å². The molecular formula is C8H10N2O2. The van der Waals surface area contributed by atoms with E-state index in [0.29, 0.717) is 17.9 Å². The van der Waals surface area contributed by atoms with Gasteiger partial charge in [0.2, 0.25) is 0 Å². The van der Waals surface area contributed by atoms with Gasteiger partial charge in [0, 0.05) is 12.6 Å². The second-order valence-corrected chi connectivity index (χ2v) is 2.20. The lowest BCUT2D eigenvalue weighted by atomic mass is 10.4. The number of aromatic nitrogens is 2. The fourth-order valence-corrected chi connectivity index (χ4v) is 0.788. The van der Waals surface area contributed by atoms with E-state index < -0.39 is 5.97 Å². The summed E-state index contributed by atoms with van der Waals surface area (Å²) in [6.45, 7) is 1.93. The van der Waals surface area contributed by atoms with Crippen molar-refractivity contribution in [3.8, 4) is 0 Å². The van der Waals surface area contributed by atoms with E-state index in [1.165, 1.54) is 13.2 Å². The molecule has 64 valence electrons. The van der Waals surface area contributed by atoms with Gasteiger partial charge >= 0.3 is 5.97 Å². The minimum absolute atomic E-state index is 0.310. The molecular weight excluding hydrogens is 156 g/mol. The SMILES string of the molecule is CCc1nccc(C(=O)OC)n1. The molecule has 0 unspecified atom stereocenters. The zero-order chi connectivity index (χ0) is 8.97. The Balaban J connectivity index is 2.93. The van der Waals surface area contributed by atoms with E-state index in [1.54, 1.807) is 6.20 Å². The van der Waals surface area contributed by atoms with Gasteiger partial charge in [-0.3, -0.25) is 0 Å². The van der Waals surface area contributed by atoms with Crippen LogP contribution < -0.4 is 0 Å². The van der Waals surface area contributed by atoms with E-state index >= 15 is 0 Å². The number of hydrogen-bond donors (Lipinski definition) is 0. The van der Waals surface area contributed by atoms with Crippen LogP contribution in [0.1, 0.15) is 23.2 Å². The second-order valence-electron chi connectivity index (χ2n) is 2.20. The summed E-state index contributed by atoms with van der Waals surface area (Å²) in [6.07, 6.45) is 2.27. The summed E-state index contributed by atoms with van der Waals surface area (Å²) in [5.41, 5.74) is 0.310. The standard InChI is InChI=1S/C8H10N2O2/c1-3-7-9-5-4-6(10-7)8(11)12-2/h4-5H,3H2,1-2H3. The third-order valence-corrected chi connectivity index (χ3v) is 1.42. The number of methoxy groups -OCH3 is 1. The lowest BCUT2D eigenvalue weighted by molar-refractivity contribution is 0.0593. The average molecular weight is 166 g/mol. The maximum atomic E-state index is 11.0. The summed E-state index contributed by atoms with van der Waals surface area (Å²) in [5.74, 6) is 0.227. The molecule has 0 atom stereocenters. The zero-order valence-corrected chi connectivity index (χ0v) is 7.07. The molecule has 0 aliphatic heterocycles. The molecule has 1 aromatic rings. The molecule has 0 aliphatic carbocycles. The number of esters is 1. The zero-order valence-electron chi connectivity index (χ0n) is 7.07. The lowest BCUT2D eigenvalue weighted by Crippen LogP contribution is -2.06. The van der Waals surface area contributed by atoms with Crippen molar-refractivity contribution in [3.63, 3.8) is 0 Å². The minimum Gasteiger partial charge on any atom is -0.464 e. The predicted molar refractivity (Wildman–Crippen MR) is 42.7 cm³/mol. The number of rotatable bonds is 2. The van der Waals surface area contributed by atoms with Gasteiger partial charge in [0.1, 0.15) is 5.82 Å². The molecule has 0 saturated heterocycles. The summed E-state index contributed by atoms with van der Waals surface area (Å²) in [7, 11) is 1.33. The largest absolute Gasteiger partial charge is 0.464 e. The van der Waals surface area contributed by atoms with Gasteiger partial charge in [0.15, 0.2) is 5.69 Å². The molecule has 0 aromatic carbocycles. The molecule has 4 heteroatoms. The van der Waals surface area contributed by atoms with Gasteiger partial charge in [-0.2, -0.15) is 0 Å². The Morgan fingerprint density at radius 2 is 2.42 bits per heavy atom. The Labute approximate surface area is 70.6 Å². The van der Waals surface area contributed by atoms with E-state index in [9.17, 15) is 4.79 Å². The van der Waals surface area contributed by atoms with Crippen molar-refractivity contribution in [3.05, 3.63) is 23.8 Å². The summed E-state index contributed by atoms with van der Waals surface area (Å²) < 4.78 is 4.51. The van der Waals surface area contributed by atoms with Crippen LogP contribution in [0.2, 0.25) is 0 Å². The monoisotopic (exact) mass is 166 g/mol. The Morgan fingerprint density at radius 1 is 1.67 bits per heavy atom. The van der Waals surface area contributed by atoms with Gasteiger partial charge in [-0.1, -0.05) is 6.92 Å². The van der Waals surface area contributed by atoms with Crippen LogP contribution >= 0.6 is 0 Å². The fourth-order valence-electron chi connectivity index (χ4n) is 0.788. The molecule has 0 fully saturated rings. The topological polar surface area (TPSA) is 52.1 Å². The molecule has 1 heterocycles. The van der Waals surface area contributed by atoms with E-state index in [-0.39, 0.29) is 0 Å². The Morgan fingerprint density at radius 3 is 3.00 bits per heavy atom. The average Bonchev–Trinajstić information content (AvgIpc) is 2.17. The molecule has 0 amide bonds. The van der Waals surface area contributed by atoms with Crippen molar-refractivity contribution in [1.82, 2.24) is 9.97 Å². The van der Waals surface area contributed by atoms with Gasteiger partial charge in [0.25, 0.3) is 0 Å². The van der Waals surface area contributed by atoms with Crippen LogP contribution in [-0.4, -0.2) is 23.0 Å². The quantitative estimate of drug-likeness (QED) is 0.610. The van der Waals surface area contributed by atoms with Crippen molar-refractivity contribution in [1.29, 1.82) is 0 Å². The summed E-state index contributed by atoms with van der Waals surface area (Å²) in [5, 5.41) is 0. The van der Waals surface area contributed by atoms with Gasteiger partial charge in [0.05, 0.1) is 7.11 Å². The first-order valence-electron chi connectivity index (χ1n) is 3.68. The molecule has 1 aromatic heterocycles. The molecule has 12 heavy (non-hydrogen) atoms. The van der Waals surface area contributed by atoms with Crippen LogP contribution in [0.25, 0.3) is 0 Å². The number of carbonyl (C=O) groups excluding carboxylic acids is 1. The number of hydrogen-bond acceptors (Lipinski definition) is 4. The Bertz CT molecular complexity index is 286. The number of ether oxygens (including phenoxy) is 1. The van der Waals surface area contributed by atoms with Crippen LogP contribution in [0.4, 0.5) is 0 Å².